The van der Waals surface area contributed by atoms with Gasteiger partial charge in [0, 0.05) is 5.56 Å². The summed E-state index contributed by atoms with van der Waals surface area (Å²) < 4.78 is 0. The van der Waals surface area contributed by atoms with Crippen LogP contribution in [0, 0.1) is 11.8 Å². The fourth-order valence-corrected chi connectivity index (χ4v) is 1.03. The van der Waals surface area contributed by atoms with Crippen LogP contribution >= 0.6 is 0 Å². The van der Waals surface area contributed by atoms with E-state index < -0.39 is 0 Å². The minimum atomic E-state index is -0.0206. The Morgan fingerprint density at radius 1 is 1.43 bits per heavy atom. The van der Waals surface area contributed by atoms with Crippen LogP contribution in [0.1, 0.15) is 12.0 Å². The van der Waals surface area contributed by atoms with Crippen molar-refractivity contribution in [2.45, 2.75) is 12.5 Å². The van der Waals surface area contributed by atoms with Crippen LogP contribution in [0.25, 0.3) is 0 Å². The first-order valence-electron chi connectivity index (χ1n) is 4.50. The standard InChI is InChI=1S/C12H14N2/c1-2-6-12(14-13)10-9-11-7-4-3-5-8-11/h2-5,7-8,12,14H,1,6,13H2. The van der Waals surface area contributed by atoms with Crippen LogP contribution in [0.15, 0.2) is 43.0 Å². The predicted molar refractivity (Wildman–Crippen MR) is 59.2 cm³/mol. The number of rotatable bonds is 3. The number of hydrazine groups is 1. The van der Waals surface area contributed by atoms with Gasteiger partial charge in [0.25, 0.3) is 0 Å². The third-order valence-electron chi connectivity index (χ3n) is 1.77. The smallest absolute Gasteiger partial charge is 0.0855 e. The highest BCUT2D eigenvalue weighted by Gasteiger charge is 1.96. The van der Waals surface area contributed by atoms with E-state index in [4.69, 9.17) is 5.84 Å². The minimum Gasteiger partial charge on any atom is -0.270 e. The Morgan fingerprint density at radius 2 is 2.14 bits per heavy atom. The van der Waals surface area contributed by atoms with Crippen molar-refractivity contribution in [3.63, 3.8) is 0 Å². The van der Waals surface area contributed by atoms with Gasteiger partial charge in [0.1, 0.15) is 0 Å². The summed E-state index contributed by atoms with van der Waals surface area (Å²) in [5.74, 6) is 11.4. The van der Waals surface area contributed by atoms with Crippen LogP contribution in [0.4, 0.5) is 0 Å². The van der Waals surface area contributed by atoms with Gasteiger partial charge in [0.15, 0.2) is 0 Å². The lowest BCUT2D eigenvalue weighted by atomic mass is 10.2. The highest BCUT2D eigenvalue weighted by molar-refractivity contribution is 5.34. The van der Waals surface area contributed by atoms with Gasteiger partial charge in [-0.15, -0.1) is 6.58 Å². The summed E-state index contributed by atoms with van der Waals surface area (Å²) in [4.78, 5) is 0. The summed E-state index contributed by atoms with van der Waals surface area (Å²) in [7, 11) is 0. The first-order valence-corrected chi connectivity index (χ1v) is 4.50. The lowest BCUT2D eigenvalue weighted by Gasteiger charge is -2.03. The van der Waals surface area contributed by atoms with E-state index in [2.05, 4.69) is 23.8 Å². The molecule has 14 heavy (non-hydrogen) atoms. The zero-order chi connectivity index (χ0) is 10.2. The Labute approximate surface area is 84.8 Å². The van der Waals surface area contributed by atoms with Gasteiger partial charge in [-0.2, -0.15) is 0 Å². The molecule has 0 spiro atoms. The Balaban J connectivity index is 2.66. The molecule has 0 aliphatic carbocycles. The van der Waals surface area contributed by atoms with E-state index in [0.717, 1.165) is 12.0 Å². The predicted octanol–water partition coefficient (Wildman–Crippen LogP) is 1.45. The summed E-state index contributed by atoms with van der Waals surface area (Å²) >= 11 is 0. The third-order valence-corrected chi connectivity index (χ3v) is 1.77. The van der Waals surface area contributed by atoms with E-state index in [1.54, 1.807) is 6.08 Å². The van der Waals surface area contributed by atoms with Gasteiger partial charge in [-0.25, -0.2) is 5.43 Å². The monoisotopic (exact) mass is 186 g/mol. The van der Waals surface area contributed by atoms with Crippen molar-refractivity contribution in [3.05, 3.63) is 48.6 Å². The maximum absolute atomic E-state index is 5.32. The second-order valence-electron chi connectivity index (χ2n) is 2.88. The molecule has 2 heteroatoms. The Bertz CT molecular complexity index is 332. The lowest BCUT2D eigenvalue weighted by molar-refractivity contribution is 0.644. The Hall–Kier alpha value is -1.56. The van der Waals surface area contributed by atoms with Gasteiger partial charge in [-0.05, 0) is 18.6 Å². The molecule has 72 valence electrons. The van der Waals surface area contributed by atoms with Crippen molar-refractivity contribution in [3.8, 4) is 11.8 Å². The molecule has 0 aliphatic heterocycles. The van der Waals surface area contributed by atoms with E-state index in [1.165, 1.54) is 0 Å². The maximum atomic E-state index is 5.32. The summed E-state index contributed by atoms with van der Waals surface area (Å²) in [5, 5.41) is 0. The first kappa shape index (κ1) is 10.5. The molecule has 0 saturated heterocycles. The van der Waals surface area contributed by atoms with E-state index in [1.807, 2.05) is 30.3 Å². The average molecular weight is 186 g/mol. The normalized spacial score (nSPS) is 11.2. The Kier molecular flexibility index (Phi) is 4.49. The zero-order valence-electron chi connectivity index (χ0n) is 8.03. The molecule has 0 aliphatic rings. The molecule has 0 heterocycles. The van der Waals surface area contributed by atoms with Crippen molar-refractivity contribution in [1.82, 2.24) is 5.43 Å². The van der Waals surface area contributed by atoms with Crippen LogP contribution in [-0.2, 0) is 0 Å². The molecule has 0 fully saturated rings. The number of benzene rings is 1. The summed E-state index contributed by atoms with van der Waals surface area (Å²) in [6.07, 6.45) is 2.54. The molecular formula is C12H14N2. The second-order valence-corrected chi connectivity index (χ2v) is 2.88. The molecule has 1 aromatic rings. The van der Waals surface area contributed by atoms with Gasteiger partial charge < -0.3 is 0 Å². The van der Waals surface area contributed by atoms with Crippen LogP contribution in [0.3, 0.4) is 0 Å². The molecule has 0 saturated carbocycles. The molecule has 2 nitrogen and oxygen atoms in total. The van der Waals surface area contributed by atoms with E-state index in [9.17, 15) is 0 Å². The molecular weight excluding hydrogens is 172 g/mol. The summed E-state index contributed by atoms with van der Waals surface area (Å²) in [5.41, 5.74) is 3.63. The molecule has 0 amide bonds. The van der Waals surface area contributed by atoms with Gasteiger partial charge in [0.2, 0.25) is 0 Å². The fourth-order valence-electron chi connectivity index (χ4n) is 1.03. The van der Waals surface area contributed by atoms with Crippen molar-refractivity contribution in [2.75, 3.05) is 0 Å². The minimum absolute atomic E-state index is 0.0206. The number of nitrogens with one attached hydrogen (secondary N) is 1. The number of hydrogen-bond acceptors (Lipinski definition) is 2. The molecule has 1 unspecified atom stereocenters. The number of nitrogens with two attached hydrogens (primary N) is 1. The van der Waals surface area contributed by atoms with E-state index in [0.29, 0.717) is 0 Å². The van der Waals surface area contributed by atoms with Crippen LogP contribution in [0.2, 0.25) is 0 Å². The van der Waals surface area contributed by atoms with Crippen LogP contribution in [-0.4, -0.2) is 6.04 Å². The molecule has 1 atom stereocenters. The molecule has 0 aromatic heterocycles. The van der Waals surface area contributed by atoms with Crippen molar-refractivity contribution < 1.29 is 0 Å². The van der Waals surface area contributed by atoms with Crippen molar-refractivity contribution in [1.29, 1.82) is 0 Å². The van der Waals surface area contributed by atoms with Crippen LogP contribution in [0.5, 0.6) is 0 Å². The molecule has 3 N–H and O–H groups in total. The van der Waals surface area contributed by atoms with Gasteiger partial charge in [0.05, 0.1) is 6.04 Å². The highest BCUT2D eigenvalue weighted by atomic mass is 15.2. The lowest BCUT2D eigenvalue weighted by Crippen LogP contribution is -2.33. The van der Waals surface area contributed by atoms with Gasteiger partial charge >= 0.3 is 0 Å². The van der Waals surface area contributed by atoms with Gasteiger partial charge in [-0.3, -0.25) is 5.84 Å². The first-order chi connectivity index (χ1) is 6.86. The molecule has 1 aromatic carbocycles. The van der Waals surface area contributed by atoms with Crippen molar-refractivity contribution in [2.24, 2.45) is 5.84 Å². The van der Waals surface area contributed by atoms with Gasteiger partial charge in [-0.1, -0.05) is 36.1 Å². The molecule has 1 rings (SSSR count). The van der Waals surface area contributed by atoms with E-state index in [-0.39, 0.29) is 6.04 Å². The summed E-state index contributed by atoms with van der Waals surface area (Å²) in [6.45, 7) is 3.64. The zero-order valence-corrected chi connectivity index (χ0v) is 8.03. The van der Waals surface area contributed by atoms with Crippen molar-refractivity contribution >= 4 is 0 Å². The SMILES string of the molecule is C=CCC(C#Cc1ccccc1)NN. The average Bonchev–Trinajstić information content (AvgIpc) is 2.25. The highest BCUT2D eigenvalue weighted by Crippen LogP contribution is 1.96. The molecule has 0 radical (unpaired) electrons. The Morgan fingerprint density at radius 3 is 2.71 bits per heavy atom. The summed E-state index contributed by atoms with van der Waals surface area (Å²) in [6, 6.07) is 9.80. The molecule has 0 bridgehead atoms. The quantitative estimate of drug-likeness (QED) is 0.324. The second kappa shape index (κ2) is 5.98. The number of hydrogen-bond donors (Lipinski definition) is 2. The van der Waals surface area contributed by atoms with E-state index >= 15 is 0 Å². The third kappa shape index (κ3) is 3.44. The van der Waals surface area contributed by atoms with Crippen LogP contribution < -0.4 is 11.3 Å². The fraction of sp³-hybridized carbons (Fsp3) is 0.167. The largest absolute Gasteiger partial charge is 0.270 e. The topological polar surface area (TPSA) is 38.0 Å². The maximum Gasteiger partial charge on any atom is 0.0855 e.